The van der Waals surface area contributed by atoms with Gasteiger partial charge in [0.15, 0.2) is 0 Å². The summed E-state index contributed by atoms with van der Waals surface area (Å²) < 4.78 is 13.1. The van der Waals surface area contributed by atoms with E-state index < -0.39 is 0 Å². The van der Waals surface area contributed by atoms with Crippen LogP contribution in [0.2, 0.25) is 0 Å². The molecule has 0 saturated carbocycles. The molecule has 4 rings (SSSR count). The third-order valence-electron chi connectivity index (χ3n) is 5.04. The van der Waals surface area contributed by atoms with Crippen LogP contribution in [0, 0.1) is 12.7 Å². The van der Waals surface area contributed by atoms with Gasteiger partial charge in [-0.15, -0.1) is 0 Å². The van der Waals surface area contributed by atoms with E-state index in [9.17, 15) is 9.18 Å². The molecule has 0 unspecified atom stereocenters. The Kier molecular flexibility index (Phi) is 5.37. The molecule has 1 saturated heterocycles. The molecule has 148 valence electrons. The topological polar surface area (TPSA) is 61.4 Å². The van der Waals surface area contributed by atoms with Gasteiger partial charge in [-0.1, -0.05) is 18.2 Å². The van der Waals surface area contributed by atoms with E-state index in [1.165, 1.54) is 18.3 Å². The second-order valence-corrected chi connectivity index (χ2v) is 6.98. The summed E-state index contributed by atoms with van der Waals surface area (Å²) in [5, 5.41) is 3.21. The molecule has 1 fully saturated rings. The van der Waals surface area contributed by atoms with Crippen LogP contribution in [0.25, 0.3) is 0 Å². The van der Waals surface area contributed by atoms with Gasteiger partial charge in [0.25, 0.3) is 5.91 Å². The zero-order chi connectivity index (χ0) is 20.2. The highest BCUT2D eigenvalue weighted by molar-refractivity contribution is 5.92. The third-order valence-corrected chi connectivity index (χ3v) is 5.04. The van der Waals surface area contributed by atoms with Crippen molar-refractivity contribution in [3.05, 3.63) is 78.0 Å². The predicted molar refractivity (Wildman–Crippen MR) is 111 cm³/mol. The maximum Gasteiger partial charge on any atom is 0.274 e. The number of hydrogen-bond donors (Lipinski definition) is 1. The van der Waals surface area contributed by atoms with Crippen LogP contribution >= 0.6 is 0 Å². The molecule has 0 bridgehead atoms. The predicted octanol–water partition coefficient (Wildman–Crippen LogP) is 3.63. The van der Waals surface area contributed by atoms with Gasteiger partial charge in [0, 0.05) is 37.6 Å². The van der Waals surface area contributed by atoms with Gasteiger partial charge in [-0.2, -0.15) is 0 Å². The van der Waals surface area contributed by atoms with Gasteiger partial charge in [0.1, 0.15) is 17.3 Å². The van der Waals surface area contributed by atoms with Crippen LogP contribution in [0.3, 0.4) is 0 Å². The molecule has 0 atom stereocenters. The molecule has 0 radical (unpaired) electrons. The number of hydrogen-bond acceptors (Lipinski definition) is 5. The Morgan fingerprint density at radius 2 is 1.69 bits per heavy atom. The molecule has 1 amide bonds. The second kappa shape index (κ2) is 8.26. The first-order chi connectivity index (χ1) is 14.1. The summed E-state index contributed by atoms with van der Waals surface area (Å²) in [6.45, 7) is 4.57. The van der Waals surface area contributed by atoms with Crippen LogP contribution in [0.5, 0.6) is 0 Å². The summed E-state index contributed by atoms with van der Waals surface area (Å²) in [6, 6.07) is 14.3. The zero-order valence-electron chi connectivity index (χ0n) is 16.2. The van der Waals surface area contributed by atoms with Gasteiger partial charge < -0.3 is 15.1 Å². The van der Waals surface area contributed by atoms with Crippen LogP contribution in [-0.2, 0) is 0 Å². The van der Waals surface area contributed by atoms with Crippen molar-refractivity contribution in [2.24, 2.45) is 0 Å². The Bertz CT molecular complexity index is 983. The lowest BCUT2D eigenvalue weighted by atomic mass is 10.2. The van der Waals surface area contributed by atoms with Gasteiger partial charge in [0.2, 0.25) is 0 Å². The first kappa shape index (κ1) is 18.9. The van der Waals surface area contributed by atoms with Crippen molar-refractivity contribution in [3.8, 4) is 0 Å². The Morgan fingerprint density at radius 3 is 2.34 bits per heavy atom. The Morgan fingerprint density at radius 1 is 0.966 bits per heavy atom. The zero-order valence-corrected chi connectivity index (χ0v) is 16.2. The van der Waals surface area contributed by atoms with Crippen molar-refractivity contribution in [1.82, 2.24) is 14.9 Å². The number of nitrogens with zero attached hydrogens (tertiary/aromatic N) is 4. The lowest BCUT2D eigenvalue weighted by Crippen LogP contribution is -2.49. The minimum atomic E-state index is -0.249. The first-order valence-corrected chi connectivity index (χ1v) is 9.54. The molecule has 2 aromatic carbocycles. The van der Waals surface area contributed by atoms with Crippen LogP contribution in [0.1, 0.15) is 16.1 Å². The second-order valence-electron chi connectivity index (χ2n) is 6.98. The van der Waals surface area contributed by atoms with Crippen molar-refractivity contribution < 1.29 is 9.18 Å². The highest BCUT2D eigenvalue weighted by atomic mass is 19.1. The quantitative estimate of drug-likeness (QED) is 0.736. The average molecular weight is 391 g/mol. The number of carbonyl (C=O) groups excluding carboxylic acids is 1. The van der Waals surface area contributed by atoms with Gasteiger partial charge in [-0.25, -0.2) is 14.4 Å². The minimum absolute atomic E-state index is 0.126. The van der Waals surface area contributed by atoms with Crippen molar-refractivity contribution >= 4 is 23.1 Å². The number of piperazine rings is 1. The number of amides is 1. The molecular weight excluding hydrogens is 369 g/mol. The number of nitrogens with one attached hydrogen (secondary N) is 1. The van der Waals surface area contributed by atoms with Gasteiger partial charge in [0.05, 0.1) is 12.4 Å². The Hall–Kier alpha value is -3.48. The highest BCUT2D eigenvalue weighted by Gasteiger charge is 2.23. The number of aryl methyl sites for hydroxylation is 1. The molecular formula is C22H22FN5O. The molecule has 0 spiro atoms. The third kappa shape index (κ3) is 4.34. The summed E-state index contributed by atoms with van der Waals surface area (Å²) in [6.07, 6.45) is 3.09. The summed E-state index contributed by atoms with van der Waals surface area (Å²) >= 11 is 0. The van der Waals surface area contributed by atoms with E-state index in [1.54, 1.807) is 23.2 Å². The van der Waals surface area contributed by atoms with E-state index in [1.807, 2.05) is 31.2 Å². The molecule has 2 heterocycles. The van der Waals surface area contributed by atoms with Crippen LogP contribution in [0.4, 0.5) is 21.6 Å². The molecule has 7 heteroatoms. The van der Waals surface area contributed by atoms with E-state index in [-0.39, 0.29) is 11.7 Å². The standard InChI is InChI=1S/C22H22FN5O/c1-16-4-2-3-5-19(16)26-21-15-24-20(14-25-21)22(29)28-12-10-27(11-13-28)18-8-6-17(23)7-9-18/h2-9,14-15H,10-13H2,1H3,(H,25,26). The average Bonchev–Trinajstić information content (AvgIpc) is 2.76. The molecule has 6 nitrogen and oxygen atoms in total. The van der Waals surface area contributed by atoms with E-state index in [0.717, 1.165) is 16.9 Å². The number of rotatable bonds is 4. The summed E-state index contributed by atoms with van der Waals surface area (Å²) in [5.41, 5.74) is 3.35. The fourth-order valence-electron chi connectivity index (χ4n) is 3.34. The van der Waals surface area contributed by atoms with E-state index >= 15 is 0 Å². The van der Waals surface area contributed by atoms with Crippen molar-refractivity contribution in [1.29, 1.82) is 0 Å². The summed E-state index contributed by atoms with van der Waals surface area (Å²) in [4.78, 5) is 25.3. The number of para-hydroxylation sites is 1. The monoisotopic (exact) mass is 391 g/mol. The minimum Gasteiger partial charge on any atom is -0.368 e. The molecule has 1 aromatic heterocycles. The van der Waals surface area contributed by atoms with E-state index in [4.69, 9.17) is 0 Å². The van der Waals surface area contributed by atoms with Gasteiger partial charge >= 0.3 is 0 Å². The molecule has 1 N–H and O–H groups in total. The summed E-state index contributed by atoms with van der Waals surface area (Å²) in [7, 11) is 0. The molecule has 0 aliphatic carbocycles. The Labute approximate surface area is 169 Å². The lowest BCUT2D eigenvalue weighted by molar-refractivity contribution is 0.0740. The number of halogens is 1. The summed E-state index contributed by atoms with van der Waals surface area (Å²) in [5.74, 6) is 0.220. The molecule has 1 aliphatic rings. The smallest absolute Gasteiger partial charge is 0.274 e. The van der Waals surface area contributed by atoms with Crippen LogP contribution in [-0.4, -0.2) is 47.0 Å². The van der Waals surface area contributed by atoms with E-state index in [0.29, 0.717) is 37.7 Å². The number of carbonyl (C=O) groups is 1. The SMILES string of the molecule is Cc1ccccc1Nc1cnc(C(=O)N2CCN(c3ccc(F)cc3)CC2)cn1. The maximum absolute atomic E-state index is 13.1. The first-order valence-electron chi connectivity index (χ1n) is 9.54. The number of aromatic nitrogens is 2. The fourth-order valence-corrected chi connectivity index (χ4v) is 3.34. The van der Waals surface area contributed by atoms with E-state index in [2.05, 4.69) is 20.2 Å². The largest absolute Gasteiger partial charge is 0.368 e. The van der Waals surface area contributed by atoms with Crippen molar-refractivity contribution in [2.45, 2.75) is 6.92 Å². The number of benzene rings is 2. The van der Waals surface area contributed by atoms with Gasteiger partial charge in [-0.05, 0) is 42.8 Å². The lowest BCUT2D eigenvalue weighted by Gasteiger charge is -2.35. The Balaban J connectivity index is 1.36. The molecule has 3 aromatic rings. The van der Waals surface area contributed by atoms with Crippen molar-refractivity contribution in [2.75, 3.05) is 36.4 Å². The molecule has 29 heavy (non-hydrogen) atoms. The fraction of sp³-hybridized carbons (Fsp3) is 0.227. The van der Waals surface area contributed by atoms with Crippen LogP contribution in [0.15, 0.2) is 60.9 Å². The number of anilines is 3. The molecule has 1 aliphatic heterocycles. The highest BCUT2D eigenvalue weighted by Crippen LogP contribution is 2.19. The normalized spacial score (nSPS) is 14.0. The van der Waals surface area contributed by atoms with Gasteiger partial charge in [-0.3, -0.25) is 4.79 Å². The maximum atomic E-state index is 13.1. The van der Waals surface area contributed by atoms with Crippen LogP contribution < -0.4 is 10.2 Å². The van der Waals surface area contributed by atoms with Crippen molar-refractivity contribution in [3.63, 3.8) is 0 Å².